The molecule has 0 aromatic heterocycles. The van der Waals surface area contributed by atoms with E-state index in [1.54, 1.807) is 0 Å². The van der Waals surface area contributed by atoms with E-state index < -0.39 is 23.5 Å². The molecule has 1 aliphatic carbocycles. The van der Waals surface area contributed by atoms with Crippen molar-refractivity contribution in [2.24, 2.45) is 5.92 Å². The van der Waals surface area contributed by atoms with Crippen molar-refractivity contribution in [3.63, 3.8) is 0 Å². The topological polar surface area (TPSA) is 0 Å². The summed E-state index contributed by atoms with van der Waals surface area (Å²) in [6, 6.07) is 5.59. The molecule has 0 nitrogen and oxygen atoms in total. The first-order valence-corrected chi connectivity index (χ1v) is 9.54. The number of hydrogen-bond acceptors (Lipinski definition) is 0. The minimum absolute atomic E-state index is 0.0390. The maximum Gasteiger partial charge on any atom is 0.416 e. The first-order valence-electron chi connectivity index (χ1n) is 9.54. The van der Waals surface area contributed by atoms with E-state index in [0.29, 0.717) is 24.3 Å². The molecule has 3 rings (SSSR count). The molecule has 0 saturated carbocycles. The average Bonchev–Trinajstić information content (AvgIpc) is 3.00. The molecule has 0 fully saturated rings. The second-order valence-electron chi connectivity index (χ2n) is 7.90. The Morgan fingerprint density at radius 1 is 0.897 bits per heavy atom. The Labute approximate surface area is 166 Å². The number of rotatable bonds is 4. The highest BCUT2D eigenvalue weighted by Crippen LogP contribution is 2.43. The quantitative estimate of drug-likeness (QED) is 0.447. The molecule has 6 heteroatoms. The van der Waals surface area contributed by atoms with Crippen molar-refractivity contribution in [1.29, 1.82) is 0 Å². The number of halogens is 6. The Hall–Kier alpha value is -2.24. The molecule has 0 saturated heterocycles. The third kappa shape index (κ3) is 4.51. The fourth-order valence-corrected chi connectivity index (χ4v) is 3.92. The molecule has 0 atom stereocenters. The van der Waals surface area contributed by atoms with Gasteiger partial charge in [-0.2, -0.15) is 26.3 Å². The predicted octanol–water partition coefficient (Wildman–Crippen LogP) is 7.94. The third-order valence-electron chi connectivity index (χ3n) is 5.12. The number of allylic oxidation sites excluding steroid dienone is 1. The molecule has 0 spiro atoms. The molecule has 0 N–H and O–H groups in total. The van der Waals surface area contributed by atoms with Crippen LogP contribution in [0.5, 0.6) is 0 Å². The van der Waals surface area contributed by atoms with Crippen LogP contribution in [0.1, 0.15) is 55.0 Å². The van der Waals surface area contributed by atoms with Crippen LogP contribution in [0.2, 0.25) is 0 Å². The minimum atomic E-state index is -4.86. The summed E-state index contributed by atoms with van der Waals surface area (Å²) >= 11 is 0. The first-order chi connectivity index (χ1) is 13.4. The van der Waals surface area contributed by atoms with Gasteiger partial charge >= 0.3 is 12.4 Å². The maximum atomic E-state index is 13.3. The minimum Gasteiger partial charge on any atom is -0.166 e. The molecule has 2 aromatic rings. The molecule has 156 valence electrons. The Morgan fingerprint density at radius 2 is 1.48 bits per heavy atom. The van der Waals surface area contributed by atoms with Gasteiger partial charge in [0.2, 0.25) is 0 Å². The second-order valence-corrected chi connectivity index (χ2v) is 7.90. The van der Waals surface area contributed by atoms with Crippen LogP contribution in [-0.4, -0.2) is 0 Å². The van der Waals surface area contributed by atoms with E-state index in [4.69, 9.17) is 0 Å². The molecular weight excluding hydrogens is 390 g/mol. The molecule has 0 radical (unpaired) electrons. The van der Waals surface area contributed by atoms with Gasteiger partial charge < -0.3 is 0 Å². The first kappa shape index (κ1) is 21.5. The van der Waals surface area contributed by atoms with E-state index in [-0.39, 0.29) is 11.6 Å². The predicted molar refractivity (Wildman–Crippen MR) is 102 cm³/mol. The van der Waals surface area contributed by atoms with Gasteiger partial charge in [0.05, 0.1) is 11.1 Å². The summed E-state index contributed by atoms with van der Waals surface area (Å²) < 4.78 is 80.0. The largest absolute Gasteiger partial charge is 0.416 e. The summed E-state index contributed by atoms with van der Waals surface area (Å²) in [5, 5.41) is 0. The van der Waals surface area contributed by atoms with E-state index >= 15 is 0 Å². The highest BCUT2D eigenvalue weighted by Gasteiger charge is 2.37. The van der Waals surface area contributed by atoms with E-state index in [0.717, 1.165) is 40.8 Å². The van der Waals surface area contributed by atoms with E-state index in [1.807, 2.05) is 25.1 Å². The van der Waals surface area contributed by atoms with Crippen LogP contribution in [-0.2, 0) is 25.2 Å². The van der Waals surface area contributed by atoms with Gasteiger partial charge in [0, 0.05) is 0 Å². The van der Waals surface area contributed by atoms with Crippen LogP contribution >= 0.6 is 0 Å². The second kappa shape index (κ2) is 7.54. The molecule has 0 heterocycles. The average molecular weight is 412 g/mol. The zero-order valence-corrected chi connectivity index (χ0v) is 16.4. The van der Waals surface area contributed by atoms with Gasteiger partial charge in [-0.3, -0.25) is 0 Å². The fourth-order valence-electron chi connectivity index (χ4n) is 3.92. The molecule has 2 aromatic carbocycles. The van der Waals surface area contributed by atoms with Crippen LogP contribution in [0.3, 0.4) is 0 Å². The lowest BCUT2D eigenvalue weighted by Crippen LogP contribution is -2.11. The number of aryl methyl sites for hydroxylation is 1. The summed E-state index contributed by atoms with van der Waals surface area (Å²) in [5.41, 5.74) is 1.43. The zero-order valence-electron chi connectivity index (χ0n) is 16.4. The highest BCUT2D eigenvalue weighted by atomic mass is 19.4. The summed E-state index contributed by atoms with van der Waals surface area (Å²) in [7, 11) is 0. The van der Waals surface area contributed by atoms with Crippen molar-refractivity contribution < 1.29 is 26.3 Å². The number of fused-ring (bicyclic) bond motifs is 1. The number of hydrogen-bond donors (Lipinski definition) is 0. The lowest BCUT2D eigenvalue weighted by atomic mass is 9.89. The maximum absolute atomic E-state index is 13.3. The smallest absolute Gasteiger partial charge is 0.166 e. The van der Waals surface area contributed by atoms with Crippen LogP contribution in [0.25, 0.3) is 17.2 Å². The van der Waals surface area contributed by atoms with Gasteiger partial charge in [-0.05, 0) is 71.2 Å². The van der Waals surface area contributed by atoms with Gasteiger partial charge in [0.25, 0.3) is 0 Å². The van der Waals surface area contributed by atoms with Gasteiger partial charge in [0.1, 0.15) is 0 Å². The van der Waals surface area contributed by atoms with Crippen LogP contribution in [0.15, 0.2) is 35.9 Å². The fraction of sp³-hybridized carbons (Fsp3) is 0.391. The number of benzene rings is 2. The monoisotopic (exact) mass is 412 g/mol. The third-order valence-corrected chi connectivity index (χ3v) is 5.12. The van der Waals surface area contributed by atoms with Crippen LogP contribution in [0, 0.1) is 5.92 Å². The summed E-state index contributed by atoms with van der Waals surface area (Å²) in [6.45, 7) is 5.99. The molecule has 0 unspecified atom stereocenters. The van der Waals surface area contributed by atoms with E-state index in [1.165, 1.54) is 0 Å². The van der Waals surface area contributed by atoms with Crippen molar-refractivity contribution in [3.05, 3.63) is 63.7 Å². The Bertz CT molecular complexity index is 913. The van der Waals surface area contributed by atoms with Gasteiger partial charge in [-0.15, -0.1) is 0 Å². The van der Waals surface area contributed by atoms with Crippen LogP contribution in [0.4, 0.5) is 26.3 Å². The molecule has 29 heavy (non-hydrogen) atoms. The normalized spacial score (nSPS) is 14.3. The Morgan fingerprint density at radius 3 is 1.97 bits per heavy atom. The van der Waals surface area contributed by atoms with Crippen molar-refractivity contribution in [3.8, 4) is 11.1 Å². The highest BCUT2D eigenvalue weighted by molar-refractivity contribution is 5.83. The molecular formula is C23H22F6. The Kier molecular flexibility index (Phi) is 5.58. The van der Waals surface area contributed by atoms with Gasteiger partial charge in [0.15, 0.2) is 0 Å². The van der Waals surface area contributed by atoms with Crippen molar-refractivity contribution in [2.75, 3.05) is 0 Å². The molecule has 1 aliphatic rings. The molecule has 0 aliphatic heterocycles. The van der Waals surface area contributed by atoms with E-state index in [9.17, 15) is 26.3 Å². The van der Waals surface area contributed by atoms with Crippen molar-refractivity contribution in [1.82, 2.24) is 0 Å². The molecule has 0 bridgehead atoms. The summed E-state index contributed by atoms with van der Waals surface area (Å²) in [5.74, 6) is 0.412. The lowest BCUT2D eigenvalue weighted by molar-refractivity contribution is -0.143. The summed E-state index contributed by atoms with van der Waals surface area (Å²) in [6.07, 6.45) is -5.76. The number of alkyl halides is 6. The van der Waals surface area contributed by atoms with Crippen LogP contribution < -0.4 is 0 Å². The van der Waals surface area contributed by atoms with E-state index in [2.05, 4.69) is 13.8 Å². The van der Waals surface area contributed by atoms with Gasteiger partial charge in [-0.25, -0.2) is 0 Å². The zero-order chi connectivity index (χ0) is 21.6. The summed E-state index contributed by atoms with van der Waals surface area (Å²) in [4.78, 5) is 0. The Balaban J connectivity index is 2.26. The van der Waals surface area contributed by atoms with Crippen molar-refractivity contribution in [2.45, 2.75) is 52.4 Å². The van der Waals surface area contributed by atoms with Crippen molar-refractivity contribution >= 4 is 6.08 Å². The SMILES string of the molecule is CCc1ccc2c(c1-c1cc(C(F)(F)F)cc(C(F)(F)F)c1)C=C(CC(C)C)C2. The standard InChI is InChI=1S/C23H22F6/c1-4-15-5-6-16-8-14(7-13(2)3)9-20(16)21(15)17-10-18(22(24,25)26)12-19(11-17)23(27,28)29/h5-6,9-13H,4,7-8H2,1-3H3. The van der Waals surface area contributed by atoms with Gasteiger partial charge in [-0.1, -0.05) is 44.6 Å². The molecule has 0 amide bonds. The lowest BCUT2D eigenvalue weighted by Gasteiger charge is -2.18.